The average Bonchev–Trinajstić information content (AvgIpc) is 3.14. The largest absolute Gasteiger partial charge is 0.481 e. The summed E-state index contributed by atoms with van der Waals surface area (Å²) in [6.45, 7) is 0.0446. The minimum Gasteiger partial charge on any atom is -0.481 e. The lowest BCUT2D eigenvalue weighted by molar-refractivity contribution is -0.149. The first kappa shape index (κ1) is 12.8. The summed E-state index contributed by atoms with van der Waals surface area (Å²) in [7, 11) is 0. The third-order valence-corrected chi connectivity index (χ3v) is 3.76. The van der Waals surface area contributed by atoms with Crippen LogP contribution >= 0.6 is 0 Å². The maximum Gasteiger partial charge on any atom is 0.311 e. The van der Waals surface area contributed by atoms with E-state index < -0.39 is 17.2 Å². The standard InChI is InChI=1S/C13H17FN2O2/c14-10-3-4-11(16)8(5-10)6-13(7-15,12(17)18)9-1-2-9/h3-5,9H,1-2,6-7,15-16H2,(H,17,18). The molecule has 98 valence electrons. The first-order valence-corrected chi connectivity index (χ1v) is 5.97. The molecule has 1 aliphatic rings. The molecule has 5 N–H and O–H groups in total. The maximum absolute atomic E-state index is 13.2. The van der Waals surface area contributed by atoms with Crippen LogP contribution in [0.5, 0.6) is 0 Å². The molecule has 0 heterocycles. The Morgan fingerprint density at radius 3 is 2.67 bits per heavy atom. The van der Waals surface area contributed by atoms with Gasteiger partial charge in [-0.05, 0) is 48.9 Å². The van der Waals surface area contributed by atoms with E-state index in [0.29, 0.717) is 11.3 Å². The van der Waals surface area contributed by atoms with Crippen molar-refractivity contribution in [3.8, 4) is 0 Å². The Hall–Kier alpha value is -1.62. The van der Waals surface area contributed by atoms with E-state index in [-0.39, 0.29) is 18.9 Å². The number of nitrogens with two attached hydrogens (primary N) is 2. The van der Waals surface area contributed by atoms with Gasteiger partial charge in [-0.1, -0.05) is 0 Å². The Morgan fingerprint density at radius 1 is 1.50 bits per heavy atom. The van der Waals surface area contributed by atoms with Crippen LogP contribution in [0, 0.1) is 17.2 Å². The molecule has 0 aliphatic heterocycles. The molecule has 18 heavy (non-hydrogen) atoms. The normalized spacial score (nSPS) is 18.3. The Morgan fingerprint density at radius 2 is 2.17 bits per heavy atom. The first-order valence-electron chi connectivity index (χ1n) is 5.97. The molecule has 1 atom stereocenters. The second-order valence-electron chi connectivity index (χ2n) is 4.96. The van der Waals surface area contributed by atoms with Crippen LogP contribution in [0.1, 0.15) is 18.4 Å². The predicted octanol–water partition coefficient (Wildman–Crippen LogP) is 1.39. The number of hydrogen-bond donors (Lipinski definition) is 3. The minimum absolute atomic E-state index is 0.0446. The summed E-state index contributed by atoms with van der Waals surface area (Å²) in [5, 5.41) is 9.44. The van der Waals surface area contributed by atoms with Crippen molar-refractivity contribution in [2.24, 2.45) is 17.1 Å². The van der Waals surface area contributed by atoms with E-state index in [0.717, 1.165) is 12.8 Å². The van der Waals surface area contributed by atoms with Gasteiger partial charge in [0.25, 0.3) is 0 Å². The number of nitrogen functional groups attached to an aromatic ring is 1. The molecular weight excluding hydrogens is 235 g/mol. The maximum atomic E-state index is 13.2. The molecule has 1 aliphatic carbocycles. The molecule has 0 saturated heterocycles. The fraction of sp³-hybridized carbons (Fsp3) is 0.462. The quantitative estimate of drug-likeness (QED) is 0.691. The third-order valence-electron chi connectivity index (χ3n) is 3.76. The van der Waals surface area contributed by atoms with Gasteiger partial charge in [-0.15, -0.1) is 0 Å². The fourth-order valence-electron chi connectivity index (χ4n) is 2.42. The van der Waals surface area contributed by atoms with Crippen molar-refractivity contribution in [2.75, 3.05) is 12.3 Å². The molecule has 0 bridgehead atoms. The number of anilines is 1. The molecule has 1 saturated carbocycles. The van der Waals surface area contributed by atoms with Crippen molar-refractivity contribution in [1.82, 2.24) is 0 Å². The SMILES string of the molecule is NCC(Cc1cc(F)ccc1N)(C(=O)O)C1CC1. The van der Waals surface area contributed by atoms with E-state index >= 15 is 0 Å². The summed E-state index contributed by atoms with van der Waals surface area (Å²) in [5.74, 6) is -1.26. The molecule has 5 heteroatoms. The molecule has 1 aromatic rings. The van der Waals surface area contributed by atoms with Crippen LogP contribution in [0.4, 0.5) is 10.1 Å². The van der Waals surface area contributed by atoms with Crippen molar-refractivity contribution >= 4 is 11.7 Å². The average molecular weight is 252 g/mol. The van der Waals surface area contributed by atoms with Gasteiger partial charge < -0.3 is 16.6 Å². The van der Waals surface area contributed by atoms with Gasteiger partial charge in [-0.3, -0.25) is 4.79 Å². The molecule has 0 amide bonds. The summed E-state index contributed by atoms with van der Waals surface area (Å²) in [4.78, 5) is 11.5. The molecule has 1 aromatic carbocycles. The number of hydrogen-bond acceptors (Lipinski definition) is 3. The van der Waals surface area contributed by atoms with Crippen molar-refractivity contribution in [3.05, 3.63) is 29.6 Å². The molecule has 1 unspecified atom stereocenters. The van der Waals surface area contributed by atoms with Gasteiger partial charge in [0.2, 0.25) is 0 Å². The van der Waals surface area contributed by atoms with Crippen LogP contribution in [0.3, 0.4) is 0 Å². The fourth-order valence-corrected chi connectivity index (χ4v) is 2.42. The summed E-state index contributed by atoms with van der Waals surface area (Å²) >= 11 is 0. The first-order chi connectivity index (χ1) is 8.49. The van der Waals surface area contributed by atoms with Crippen molar-refractivity contribution in [1.29, 1.82) is 0 Å². The number of carboxylic acids is 1. The third kappa shape index (κ3) is 2.18. The molecule has 0 aromatic heterocycles. The number of carboxylic acid groups (broad SMARTS) is 1. The van der Waals surface area contributed by atoms with E-state index in [9.17, 15) is 14.3 Å². The highest BCUT2D eigenvalue weighted by molar-refractivity contribution is 5.77. The summed E-state index contributed by atoms with van der Waals surface area (Å²) in [6, 6.07) is 4.02. The van der Waals surface area contributed by atoms with Crippen LogP contribution < -0.4 is 11.5 Å². The van der Waals surface area contributed by atoms with Crippen LogP contribution in [-0.4, -0.2) is 17.6 Å². The van der Waals surface area contributed by atoms with E-state index in [2.05, 4.69) is 0 Å². The highest BCUT2D eigenvalue weighted by Crippen LogP contribution is 2.47. The van der Waals surface area contributed by atoms with Crippen LogP contribution in [0.25, 0.3) is 0 Å². The van der Waals surface area contributed by atoms with Gasteiger partial charge in [0.15, 0.2) is 0 Å². The van der Waals surface area contributed by atoms with Crippen molar-refractivity contribution in [3.63, 3.8) is 0 Å². The number of aliphatic carboxylic acids is 1. The Bertz CT molecular complexity index is 474. The Labute approximate surface area is 105 Å². The monoisotopic (exact) mass is 252 g/mol. The topological polar surface area (TPSA) is 89.3 Å². The Balaban J connectivity index is 2.34. The van der Waals surface area contributed by atoms with E-state index in [4.69, 9.17) is 11.5 Å². The molecule has 1 fully saturated rings. The summed E-state index contributed by atoms with van der Waals surface area (Å²) < 4.78 is 13.2. The molecular formula is C13H17FN2O2. The summed E-state index contributed by atoms with van der Waals surface area (Å²) in [5.41, 5.74) is 11.4. The van der Waals surface area contributed by atoms with Crippen LogP contribution in [-0.2, 0) is 11.2 Å². The van der Waals surface area contributed by atoms with E-state index in [1.54, 1.807) is 0 Å². The lowest BCUT2D eigenvalue weighted by Gasteiger charge is -2.28. The highest BCUT2D eigenvalue weighted by atomic mass is 19.1. The number of halogens is 1. The van der Waals surface area contributed by atoms with Crippen molar-refractivity contribution < 1.29 is 14.3 Å². The van der Waals surface area contributed by atoms with E-state index in [1.807, 2.05) is 0 Å². The van der Waals surface area contributed by atoms with Gasteiger partial charge in [0, 0.05) is 12.2 Å². The minimum atomic E-state index is -1.01. The van der Waals surface area contributed by atoms with Gasteiger partial charge in [-0.2, -0.15) is 0 Å². The second-order valence-corrected chi connectivity index (χ2v) is 4.96. The zero-order valence-corrected chi connectivity index (χ0v) is 10.0. The van der Waals surface area contributed by atoms with Gasteiger partial charge in [0.1, 0.15) is 5.82 Å². The summed E-state index contributed by atoms with van der Waals surface area (Å²) in [6.07, 6.45) is 1.91. The van der Waals surface area contributed by atoms with Crippen LogP contribution in [0.15, 0.2) is 18.2 Å². The Kier molecular flexibility index (Phi) is 3.26. The molecule has 2 rings (SSSR count). The number of benzene rings is 1. The molecule has 0 radical (unpaired) electrons. The van der Waals surface area contributed by atoms with Crippen molar-refractivity contribution in [2.45, 2.75) is 19.3 Å². The lowest BCUT2D eigenvalue weighted by Crippen LogP contribution is -2.42. The highest BCUT2D eigenvalue weighted by Gasteiger charge is 2.50. The van der Waals surface area contributed by atoms with E-state index in [1.165, 1.54) is 18.2 Å². The molecule has 4 nitrogen and oxygen atoms in total. The predicted molar refractivity (Wildman–Crippen MR) is 66.4 cm³/mol. The lowest BCUT2D eigenvalue weighted by atomic mass is 9.77. The second kappa shape index (κ2) is 4.57. The van der Waals surface area contributed by atoms with Crippen LogP contribution in [0.2, 0.25) is 0 Å². The smallest absolute Gasteiger partial charge is 0.311 e. The zero-order chi connectivity index (χ0) is 13.3. The number of carbonyl (C=O) groups is 1. The van der Waals surface area contributed by atoms with Gasteiger partial charge >= 0.3 is 5.97 Å². The number of rotatable bonds is 5. The van der Waals surface area contributed by atoms with Gasteiger partial charge in [-0.25, -0.2) is 4.39 Å². The zero-order valence-electron chi connectivity index (χ0n) is 10.0. The van der Waals surface area contributed by atoms with Gasteiger partial charge in [0.05, 0.1) is 5.41 Å². The molecule has 0 spiro atoms.